The summed E-state index contributed by atoms with van der Waals surface area (Å²) >= 11 is 0. The smallest absolute Gasteiger partial charge is 0.271 e. The van der Waals surface area contributed by atoms with Gasteiger partial charge < -0.3 is 0 Å². The summed E-state index contributed by atoms with van der Waals surface area (Å²) in [5.74, 6) is 0. The van der Waals surface area contributed by atoms with Gasteiger partial charge in [0.05, 0.1) is 0 Å². The van der Waals surface area contributed by atoms with E-state index in [0.717, 1.165) is 25.9 Å². The van der Waals surface area contributed by atoms with E-state index in [1.807, 2.05) is 0 Å². The molecule has 66 valence electrons. The normalized spacial score (nSPS) is 26.6. The molecule has 5 heteroatoms. The van der Waals surface area contributed by atoms with Crippen LogP contribution in [-0.2, 0) is 4.57 Å². The average Bonchev–Trinajstić information content (AvgIpc) is 2.00. The summed E-state index contributed by atoms with van der Waals surface area (Å²) in [6.07, 6.45) is 4.55. The second-order valence-corrected chi connectivity index (χ2v) is 4.84. The van der Waals surface area contributed by atoms with Gasteiger partial charge in [-0.05, 0) is 12.8 Å². The van der Waals surface area contributed by atoms with Gasteiger partial charge in [-0.3, -0.25) is 10.1 Å². The molecular weight excluding hydrogens is 161 g/mol. The molecule has 11 heavy (non-hydrogen) atoms. The fraction of sp³-hybridized carbons (Fsp3) is 1.00. The summed E-state index contributed by atoms with van der Waals surface area (Å²) in [7, 11) is -2.69. The molecule has 0 radical (unpaired) electrons. The van der Waals surface area contributed by atoms with Crippen LogP contribution < -0.4 is 15.7 Å². The fourth-order valence-corrected chi connectivity index (χ4v) is 2.24. The number of hydrogen-bond acceptors (Lipinski definition) is 1. The molecule has 0 bridgehead atoms. The second kappa shape index (κ2) is 4.21. The zero-order valence-corrected chi connectivity index (χ0v) is 7.57. The summed E-state index contributed by atoms with van der Waals surface area (Å²) in [6, 6.07) is 0. The lowest BCUT2D eigenvalue weighted by atomic mass is 10.2. The van der Waals surface area contributed by atoms with E-state index < -0.39 is 7.59 Å². The van der Waals surface area contributed by atoms with Crippen molar-refractivity contribution >= 4 is 7.59 Å². The van der Waals surface area contributed by atoms with Crippen molar-refractivity contribution in [3.8, 4) is 0 Å². The molecular formula is C6H16N3OP. The summed E-state index contributed by atoms with van der Waals surface area (Å²) in [5, 5.41) is 5.65. The highest BCUT2D eigenvalue weighted by Gasteiger charge is 2.13. The van der Waals surface area contributed by atoms with Gasteiger partial charge in [0.2, 0.25) is 0 Å². The first-order valence-corrected chi connectivity index (χ1v) is 5.87. The van der Waals surface area contributed by atoms with Crippen LogP contribution in [0.25, 0.3) is 0 Å². The van der Waals surface area contributed by atoms with Gasteiger partial charge >= 0.3 is 0 Å². The average molecular weight is 177 g/mol. The van der Waals surface area contributed by atoms with Gasteiger partial charge in [0.1, 0.15) is 0 Å². The largest absolute Gasteiger partial charge is 0.276 e. The molecule has 1 heterocycles. The predicted molar refractivity (Wildman–Crippen MR) is 46.3 cm³/mol. The van der Waals surface area contributed by atoms with Crippen molar-refractivity contribution in [2.45, 2.75) is 25.7 Å². The molecule has 0 spiro atoms. The van der Waals surface area contributed by atoms with Gasteiger partial charge in [0.15, 0.2) is 0 Å². The van der Waals surface area contributed by atoms with Crippen LogP contribution in [0.4, 0.5) is 0 Å². The van der Waals surface area contributed by atoms with E-state index >= 15 is 0 Å². The van der Waals surface area contributed by atoms with E-state index in [2.05, 4.69) is 10.2 Å². The Balaban J connectivity index is 2.37. The number of nitrogens with one attached hydrogen (secondary N) is 2. The summed E-state index contributed by atoms with van der Waals surface area (Å²) in [6.45, 7) is 1.53. The molecule has 4 nitrogen and oxygen atoms in total. The SMILES string of the molecule is NP1(=O)NCCCCCCN1. The van der Waals surface area contributed by atoms with Crippen molar-refractivity contribution in [2.75, 3.05) is 13.1 Å². The Hall–Kier alpha value is 0.110. The summed E-state index contributed by atoms with van der Waals surface area (Å²) in [4.78, 5) is 0. The zero-order valence-electron chi connectivity index (χ0n) is 6.68. The maximum Gasteiger partial charge on any atom is 0.276 e. The predicted octanol–water partition coefficient (Wildman–Crippen LogP) is 0.806. The van der Waals surface area contributed by atoms with Crippen LogP contribution in [0.1, 0.15) is 25.7 Å². The summed E-state index contributed by atoms with van der Waals surface area (Å²) in [5.41, 5.74) is 5.45. The molecule has 1 saturated heterocycles. The second-order valence-electron chi connectivity index (χ2n) is 2.89. The highest BCUT2D eigenvalue weighted by molar-refractivity contribution is 7.57. The standard InChI is InChI=1S/C6H16N3OP/c7-11(10)8-5-3-1-2-4-6-9-11/h1-6H2,(H4,7,8,9,10). The first kappa shape index (κ1) is 9.20. The van der Waals surface area contributed by atoms with Gasteiger partial charge in [-0.1, -0.05) is 12.8 Å². The van der Waals surface area contributed by atoms with Crippen molar-refractivity contribution in [1.82, 2.24) is 10.2 Å². The molecule has 0 saturated carbocycles. The van der Waals surface area contributed by atoms with Crippen LogP contribution in [0.15, 0.2) is 0 Å². The molecule has 0 aromatic rings. The van der Waals surface area contributed by atoms with E-state index in [1.165, 1.54) is 12.8 Å². The Morgan fingerprint density at radius 2 is 1.45 bits per heavy atom. The monoisotopic (exact) mass is 177 g/mol. The third kappa shape index (κ3) is 3.87. The fourth-order valence-electron chi connectivity index (χ4n) is 1.15. The Morgan fingerprint density at radius 1 is 1.00 bits per heavy atom. The molecule has 0 aliphatic carbocycles. The van der Waals surface area contributed by atoms with Crippen molar-refractivity contribution in [3.63, 3.8) is 0 Å². The zero-order chi connectivity index (χ0) is 8.16. The lowest BCUT2D eigenvalue weighted by Crippen LogP contribution is -2.28. The van der Waals surface area contributed by atoms with Crippen LogP contribution in [0.5, 0.6) is 0 Å². The molecule has 0 amide bonds. The summed E-state index contributed by atoms with van der Waals surface area (Å²) < 4.78 is 11.3. The highest BCUT2D eigenvalue weighted by atomic mass is 31.2. The molecule has 0 unspecified atom stereocenters. The maximum absolute atomic E-state index is 11.3. The van der Waals surface area contributed by atoms with Crippen molar-refractivity contribution < 1.29 is 4.57 Å². The van der Waals surface area contributed by atoms with E-state index in [1.54, 1.807) is 0 Å². The van der Waals surface area contributed by atoms with Gasteiger partial charge in [-0.25, -0.2) is 10.2 Å². The van der Waals surface area contributed by atoms with Crippen molar-refractivity contribution in [1.29, 1.82) is 0 Å². The minimum Gasteiger partial charge on any atom is -0.271 e. The van der Waals surface area contributed by atoms with E-state index in [0.29, 0.717) is 0 Å². The Labute approximate surface area is 67.5 Å². The lowest BCUT2D eigenvalue weighted by molar-refractivity contribution is 0.554. The van der Waals surface area contributed by atoms with E-state index in [-0.39, 0.29) is 0 Å². The number of nitrogens with two attached hydrogens (primary N) is 1. The first-order chi connectivity index (χ1) is 5.21. The molecule has 1 aliphatic heterocycles. The Bertz CT molecular complexity index is 148. The van der Waals surface area contributed by atoms with Crippen LogP contribution in [0, 0.1) is 0 Å². The third-order valence-electron chi connectivity index (χ3n) is 1.80. The lowest BCUT2D eigenvalue weighted by Gasteiger charge is -2.13. The van der Waals surface area contributed by atoms with E-state index in [4.69, 9.17) is 5.50 Å². The molecule has 0 atom stereocenters. The molecule has 1 rings (SSSR count). The maximum atomic E-state index is 11.3. The molecule has 0 aromatic heterocycles. The minimum atomic E-state index is -2.69. The molecule has 1 aliphatic rings. The highest BCUT2D eigenvalue weighted by Crippen LogP contribution is 2.25. The molecule has 4 N–H and O–H groups in total. The molecule has 0 aromatic carbocycles. The quantitative estimate of drug-likeness (QED) is 0.479. The van der Waals surface area contributed by atoms with Crippen molar-refractivity contribution in [3.05, 3.63) is 0 Å². The molecule has 1 fully saturated rings. The number of rotatable bonds is 0. The van der Waals surface area contributed by atoms with Gasteiger partial charge in [0.25, 0.3) is 7.59 Å². The third-order valence-corrected chi connectivity index (χ3v) is 3.18. The van der Waals surface area contributed by atoms with Crippen LogP contribution >= 0.6 is 7.59 Å². The topological polar surface area (TPSA) is 67.2 Å². The first-order valence-electron chi connectivity index (χ1n) is 4.10. The number of hydrogen-bond donors (Lipinski definition) is 3. The Kier molecular flexibility index (Phi) is 3.52. The van der Waals surface area contributed by atoms with Crippen molar-refractivity contribution in [2.24, 2.45) is 5.50 Å². The minimum absolute atomic E-state index is 0.765. The van der Waals surface area contributed by atoms with E-state index in [9.17, 15) is 4.57 Å². The van der Waals surface area contributed by atoms with Gasteiger partial charge in [-0.2, -0.15) is 0 Å². The Morgan fingerprint density at radius 3 is 1.91 bits per heavy atom. The van der Waals surface area contributed by atoms with Gasteiger partial charge in [-0.15, -0.1) is 0 Å². The van der Waals surface area contributed by atoms with Gasteiger partial charge in [0, 0.05) is 13.1 Å². The van der Waals surface area contributed by atoms with Crippen LogP contribution in [0.3, 0.4) is 0 Å². The van der Waals surface area contributed by atoms with Crippen LogP contribution in [0.2, 0.25) is 0 Å². The van der Waals surface area contributed by atoms with Crippen LogP contribution in [-0.4, -0.2) is 13.1 Å².